The molecule has 0 aliphatic carbocycles. The fourth-order valence-electron chi connectivity index (χ4n) is 3.07. The summed E-state index contributed by atoms with van der Waals surface area (Å²) in [7, 11) is 5.67. The Labute approximate surface area is 179 Å². The van der Waals surface area contributed by atoms with Crippen molar-refractivity contribution in [2.45, 2.75) is 26.2 Å². The van der Waals surface area contributed by atoms with Crippen LogP contribution in [0.4, 0.5) is 13.2 Å². The maximum atomic E-state index is 14.0. The molecule has 5 nitrogen and oxygen atoms in total. The zero-order chi connectivity index (χ0) is 22.0. The molecule has 2 aromatic carbocycles. The average Bonchev–Trinajstić information content (AvgIpc) is 3.00. The lowest BCUT2D eigenvalue weighted by atomic mass is 10.2. The minimum absolute atomic E-state index is 0.0575. The summed E-state index contributed by atoms with van der Waals surface area (Å²) in [5, 5.41) is 4.69. The zero-order valence-electron chi connectivity index (χ0n) is 17.3. The minimum Gasteiger partial charge on any atom is -0.300 e. The van der Waals surface area contributed by atoms with Crippen LogP contribution in [0.2, 0.25) is 0 Å². The lowest BCUT2D eigenvalue weighted by Gasteiger charge is -2.19. The van der Waals surface area contributed by atoms with Gasteiger partial charge in [0.25, 0.3) is 0 Å². The lowest BCUT2D eigenvalue weighted by molar-refractivity contribution is 0.238. The Morgan fingerprint density at radius 2 is 1.63 bits per heavy atom. The minimum atomic E-state index is -0.610. The van der Waals surface area contributed by atoms with Crippen molar-refractivity contribution in [3.63, 3.8) is 0 Å². The van der Waals surface area contributed by atoms with E-state index in [2.05, 4.69) is 0 Å². The second-order valence-electron chi connectivity index (χ2n) is 7.48. The molecule has 1 unspecified atom stereocenters. The number of hydrogen-bond acceptors (Lipinski definition) is 4. The van der Waals surface area contributed by atoms with Gasteiger partial charge in [-0.2, -0.15) is 5.10 Å². The van der Waals surface area contributed by atoms with Crippen LogP contribution in [0.15, 0.2) is 42.5 Å². The molecule has 0 fully saturated rings. The van der Waals surface area contributed by atoms with Crippen molar-refractivity contribution in [2.75, 3.05) is 21.1 Å². The van der Waals surface area contributed by atoms with Gasteiger partial charge in [-0.25, -0.2) is 17.9 Å². The summed E-state index contributed by atoms with van der Waals surface area (Å²) in [6.45, 7) is 2.56. The van der Waals surface area contributed by atoms with Crippen molar-refractivity contribution < 1.29 is 13.2 Å². The van der Waals surface area contributed by atoms with Crippen molar-refractivity contribution in [1.29, 1.82) is 0 Å². The highest BCUT2D eigenvalue weighted by atomic mass is 32.1. The van der Waals surface area contributed by atoms with Gasteiger partial charge in [-0.3, -0.25) is 14.4 Å². The van der Waals surface area contributed by atoms with Crippen LogP contribution in [0.3, 0.4) is 0 Å². The highest BCUT2D eigenvalue weighted by Crippen LogP contribution is 2.22. The molecular weight excluding hydrogens is 411 g/mol. The first-order valence-corrected chi connectivity index (χ1v) is 9.82. The van der Waals surface area contributed by atoms with Gasteiger partial charge in [0.2, 0.25) is 4.77 Å². The van der Waals surface area contributed by atoms with Gasteiger partial charge in [-0.15, -0.1) is 0 Å². The van der Waals surface area contributed by atoms with Gasteiger partial charge < -0.3 is 0 Å². The molecule has 1 aromatic heterocycles. The van der Waals surface area contributed by atoms with Gasteiger partial charge in [0.1, 0.15) is 17.5 Å². The van der Waals surface area contributed by atoms with E-state index < -0.39 is 11.6 Å². The Kier molecular flexibility index (Phi) is 6.74. The second-order valence-corrected chi connectivity index (χ2v) is 7.85. The predicted molar refractivity (Wildman–Crippen MR) is 112 cm³/mol. The van der Waals surface area contributed by atoms with Crippen molar-refractivity contribution in [3.8, 4) is 5.69 Å². The van der Waals surface area contributed by atoms with Gasteiger partial charge in [-0.05, 0) is 70.6 Å². The Hall–Kier alpha value is -2.49. The molecule has 0 spiro atoms. The molecule has 0 bridgehead atoms. The van der Waals surface area contributed by atoms with E-state index in [1.165, 1.54) is 24.3 Å². The van der Waals surface area contributed by atoms with E-state index in [4.69, 9.17) is 17.3 Å². The first-order chi connectivity index (χ1) is 14.2. The van der Waals surface area contributed by atoms with Crippen molar-refractivity contribution in [3.05, 3.63) is 76.1 Å². The molecule has 1 atom stereocenters. The topological polar surface area (TPSA) is 29.2 Å². The smallest absolute Gasteiger partial charge is 0.203 e. The summed E-state index contributed by atoms with van der Waals surface area (Å²) < 4.78 is 44.5. The highest BCUT2D eigenvalue weighted by molar-refractivity contribution is 7.71. The van der Waals surface area contributed by atoms with Crippen LogP contribution in [0, 0.1) is 22.2 Å². The molecule has 0 N–H and O–H groups in total. The van der Waals surface area contributed by atoms with Crippen LogP contribution >= 0.6 is 12.2 Å². The summed E-state index contributed by atoms with van der Waals surface area (Å²) in [5.41, 5.74) is 1.09. The van der Waals surface area contributed by atoms with Crippen LogP contribution in [0.25, 0.3) is 5.69 Å². The van der Waals surface area contributed by atoms with E-state index in [9.17, 15) is 13.2 Å². The fourth-order valence-corrected chi connectivity index (χ4v) is 3.37. The summed E-state index contributed by atoms with van der Waals surface area (Å²) >= 11 is 5.66. The van der Waals surface area contributed by atoms with E-state index in [1.54, 1.807) is 23.9 Å². The van der Waals surface area contributed by atoms with E-state index in [1.807, 2.05) is 35.4 Å². The zero-order valence-corrected chi connectivity index (χ0v) is 18.1. The maximum Gasteiger partial charge on any atom is 0.203 e. The number of aromatic nitrogens is 3. The molecule has 3 aromatic rings. The molecule has 9 heteroatoms. The fraction of sp³-hybridized carbons (Fsp3) is 0.333. The molecule has 3 rings (SSSR count). The summed E-state index contributed by atoms with van der Waals surface area (Å²) in [6.07, 6.45) is 0. The van der Waals surface area contributed by atoms with Gasteiger partial charge in [0.05, 0.1) is 12.7 Å². The number of hydrogen-bond donors (Lipinski definition) is 0. The number of rotatable bonds is 7. The van der Waals surface area contributed by atoms with Crippen molar-refractivity contribution >= 4 is 12.2 Å². The molecule has 0 aliphatic rings. The predicted octanol–water partition coefficient (Wildman–Crippen LogP) is 4.53. The molecule has 0 aliphatic heterocycles. The van der Waals surface area contributed by atoms with Crippen molar-refractivity contribution in [2.24, 2.45) is 0 Å². The Balaban J connectivity index is 1.94. The molecule has 0 amide bonds. The molecule has 0 radical (unpaired) electrons. The summed E-state index contributed by atoms with van der Waals surface area (Å²) in [5.74, 6) is -0.829. The van der Waals surface area contributed by atoms with E-state index in [0.29, 0.717) is 28.5 Å². The molecule has 30 heavy (non-hydrogen) atoms. The average molecular weight is 436 g/mol. The SMILES string of the molecule is CC(c1nn(CN(C)Cc2ccc(F)cc2F)c(=S)n1-c1ccc(F)cc1)N(C)C. The Bertz CT molecular complexity index is 1080. The third-order valence-electron chi connectivity index (χ3n) is 4.93. The summed E-state index contributed by atoms with van der Waals surface area (Å²) in [4.78, 5) is 3.83. The largest absolute Gasteiger partial charge is 0.300 e. The lowest BCUT2D eigenvalue weighted by Crippen LogP contribution is -2.23. The van der Waals surface area contributed by atoms with Gasteiger partial charge >= 0.3 is 0 Å². The van der Waals surface area contributed by atoms with E-state index >= 15 is 0 Å². The van der Waals surface area contributed by atoms with E-state index in [0.717, 1.165) is 6.07 Å². The standard InChI is InChI=1S/C21H24F3N5S/c1-14(26(2)3)20-25-28(21(30)29(20)18-9-7-16(22)8-10-18)13-27(4)12-15-5-6-17(23)11-19(15)24/h5-11,14H,12-13H2,1-4H3. The Morgan fingerprint density at radius 3 is 2.23 bits per heavy atom. The number of benzene rings is 2. The van der Waals surface area contributed by atoms with Crippen LogP contribution in [-0.4, -0.2) is 45.3 Å². The van der Waals surface area contributed by atoms with Crippen LogP contribution in [0.1, 0.15) is 24.4 Å². The highest BCUT2D eigenvalue weighted by Gasteiger charge is 2.20. The summed E-state index contributed by atoms with van der Waals surface area (Å²) in [6, 6.07) is 9.54. The Morgan fingerprint density at radius 1 is 1.00 bits per heavy atom. The van der Waals surface area contributed by atoms with Crippen molar-refractivity contribution in [1.82, 2.24) is 24.1 Å². The van der Waals surface area contributed by atoms with Gasteiger partial charge in [0.15, 0.2) is 5.82 Å². The molecule has 160 valence electrons. The monoisotopic (exact) mass is 435 g/mol. The van der Waals surface area contributed by atoms with Gasteiger partial charge in [0, 0.05) is 23.9 Å². The first kappa shape index (κ1) is 22.2. The van der Waals surface area contributed by atoms with Crippen LogP contribution < -0.4 is 0 Å². The van der Waals surface area contributed by atoms with Gasteiger partial charge in [-0.1, -0.05) is 6.07 Å². The molecule has 0 saturated heterocycles. The first-order valence-electron chi connectivity index (χ1n) is 9.42. The molecule has 1 heterocycles. The van der Waals surface area contributed by atoms with E-state index in [-0.39, 0.29) is 18.4 Å². The van der Waals surface area contributed by atoms with Crippen LogP contribution in [-0.2, 0) is 13.2 Å². The third kappa shape index (κ3) is 4.80. The molecule has 0 saturated carbocycles. The third-order valence-corrected chi connectivity index (χ3v) is 5.32. The number of nitrogens with zero attached hydrogens (tertiary/aromatic N) is 5. The quantitative estimate of drug-likeness (QED) is 0.510. The molecular formula is C21H24F3N5S. The normalized spacial score (nSPS) is 12.7. The number of halogens is 3. The van der Waals surface area contributed by atoms with Crippen LogP contribution in [0.5, 0.6) is 0 Å². The second kappa shape index (κ2) is 9.11. The maximum absolute atomic E-state index is 14.0.